The molecule has 0 aromatic carbocycles. The van der Waals surface area contributed by atoms with Crippen LogP contribution in [0.15, 0.2) is 11.6 Å². The number of carbonyl (C=O) groups is 2. The molecule has 5 aliphatic rings. The number of ketones is 1. The van der Waals surface area contributed by atoms with E-state index < -0.39 is 0 Å². The third-order valence-corrected chi connectivity index (χ3v) is 10.7. The maximum absolute atomic E-state index is 12.1. The van der Waals surface area contributed by atoms with E-state index in [1.165, 1.54) is 24.8 Å². The molecule has 3 nitrogen and oxygen atoms in total. The van der Waals surface area contributed by atoms with Crippen LogP contribution >= 0.6 is 11.8 Å². The topological polar surface area (TPSA) is 43.4 Å². The molecule has 5 rings (SSSR count). The lowest BCUT2D eigenvalue weighted by molar-refractivity contribution is -0.167. The van der Waals surface area contributed by atoms with Crippen molar-refractivity contribution in [3.05, 3.63) is 11.6 Å². The molecule has 0 N–H and O–H groups in total. The van der Waals surface area contributed by atoms with Crippen molar-refractivity contribution in [1.82, 2.24) is 0 Å². The van der Waals surface area contributed by atoms with Crippen molar-refractivity contribution in [1.29, 1.82) is 0 Å². The first-order valence-corrected chi connectivity index (χ1v) is 12.1. The van der Waals surface area contributed by atoms with Gasteiger partial charge < -0.3 is 4.74 Å². The Hall–Kier alpha value is -0.770. The van der Waals surface area contributed by atoms with E-state index in [0.717, 1.165) is 32.1 Å². The minimum Gasteiger partial charge on any atom is -0.458 e. The highest BCUT2D eigenvalue weighted by atomic mass is 32.2. The van der Waals surface area contributed by atoms with Gasteiger partial charge in [-0.05, 0) is 80.4 Å². The second-order valence-corrected chi connectivity index (χ2v) is 11.4. The van der Waals surface area contributed by atoms with Crippen molar-refractivity contribution in [3.8, 4) is 0 Å². The molecule has 0 aromatic rings. The van der Waals surface area contributed by atoms with Gasteiger partial charge in [0.25, 0.3) is 0 Å². The maximum Gasteiger partial charge on any atom is 0.306 e. The molecule has 4 aliphatic carbocycles. The summed E-state index contributed by atoms with van der Waals surface area (Å²) in [7, 11) is 0. The first kappa shape index (κ1) is 18.3. The van der Waals surface area contributed by atoms with Gasteiger partial charge in [0.05, 0.1) is 0 Å². The Kier molecular flexibility index (Phi) is 3.97. The van der Waals surface area contributed by atoms with Crippen molar-refractivity contribution < 1.29 is 14.3 Å². The highest BCUT2D eigenvalue weighted by Crippen LogP contribution is 2.70. The molecule has 0 aromatic heterocycles. The number of thioether (sulfide) groups is 1. The third kappa shape index (κ3) is 2.28. The normalized spacial score (nSPS) is 51.4. The minimum absolute atomic E-state index is 0.0204. The molecular formula is C23H32O3S. The molecule has 0 radical (unpaired) electrons. The van der Waals surface area contributed by atoms with Crippen LogP contribution in [-0.4, -0.2) is 28.9 Å². The average molecular weight is 389 g/mol. The highest BCUT2D eigenvalue weighted by Gasteiger charge is 2.68. The predicted octanol–water partition coefficient (Wildman–Crippen LogP) is 4.94. The lowest BCUT2D eigenvalue weighted by atomic mass is 9.46. The van der Waals surface area contributed by atoms with E-state index in [0.29, 0.717) is 35.2 Å². The number of fused-ring (bicyclic) bond motifs is 6. The van der Waals surface area contributed by atoms with E-state index in [-0.39, 0.29) is 22.4 Å². The average Bonchev–Trinajstić information content (AvgIpc) is 3.16. The van der Waals surface area contributed by atoms with Crippen molar-refractivity contribution in [3.63, 3.8) is 0 Å². The van der Waals surface area contributed by atoms with Crippen molar-refractivity contribution in [2.24, 2.45) is 28.6 Å². The molecule has 1 aliphatic heterocycles. The monoisotopic (exact) mass is 388 g/mol. The molecule has 0 amide bonds. The first-order chi connectivity index (χ1) is 12.8. The lowest BCUT2D eigenvalue weighted by Gasteiger charge is -2.61. The summed E-state index contributed by atoms with van der Waals surface area (Å²) >= 11 is 2.01. The van der Waals surface area contributed by atoms with E-state index in [1.807, 2.05) is 17.8 Å². The zero-order valence-electron chi connectivity index (χ0n) is 16.9. The fourth-order valence-corrected chi connectivity index (χ4v) is 9.08. The number of allylic oxidation sites excluding steroid dienone is 1. The molecular weight excluding hydrogens is 356 g/mol. The number of hydrogen-bond donors (Lipinski definition) is 0. The van der Waals surface area contributed by atoms with E-state index in [4.69, 9.17) is 4.74 Å². The molecule has 0 bridgehead atoms. The van der Waals surface area contributed by atoms with Gasteiger partial charge in [-0.25, -0.2) is 0 Å². The van der Waals surface area contributed by atoms with Crippen LogP contribution in [0.2, 0.25) is 0 Å². The van der Waals surface area contributed by atoms with E-state index in [1.54, 1.807) is 0 Å². The third-order valence-electron chi connectivity index (χ3n) is 9.60. The molecule has 3 saturated carbocycles. The zero-order valence-corrected chi connectivity index (χ0v) is 17.7. The SMILES string of the molecule is CSC1CC2=CC(=O)CC[C@]2(C)C2CC[C@@]3(C)C(CC[C@@]34CCC(=O)O4)[C@@H]12. The summed E-state index contributed by atoms with van der Waals surface area (Å²) in [6.07, 6.45) is 13.3. The van der Waals surface area contributed by atoms with Gasteiger partial charge in [0.2, 0.25) is 0 Å². The van der Waals surface area contributed by atoms with Gasteiger partial charge >= 0.3 is 5.97 Å². The fourth-order valence-electron chi connectivity index (χ4n) is 8.04. The molecule has 1 saturated heterocycles. The van der Waals surface area contributed by atoms with Crippen LogP contribution in [0.5, 0.6) is 0 Å². The number of ether oxygens (including phenoxy) is 1. The van der Waals surface area contributed by atoms with Crippen LogP contribution in [-0.2, 0) is 14.3 Å². The Morgan fingerprint density at radius 2 is 1.81 bits per heavy atom. The summed E-state index contributed by atoms with van der Waals surface area (Å²) in [5.41, 5.74) is 1.58. The van der Waals surface area contributed by atoms with Crippen LogP contribution in [0, 0.1) is 28.6 Å². The zero-order chi connectivity index (χ0) is 19.0. The second-order valence-electron chi connectivity index (χ2n) is 10.3. The number of carbonyl (C=O) groups excluding carboxylic acids is 2. The quantitative estimate of drug-likeness (QED) is 0.597. The fraction of sp³-hybridized carbons (Fsp3) is 0.826. The standard InChI is InChI=1S/C23H32O3S/c1-21-8-4-15(24)12-14(21)13-18(27-3)20-16(21)5-9-22(2)17(20)6-10-23(22)11-7-19(25)26-23/h12,16-18,20H,4-11,13H2,1-3H3/t16?,17?,18?,20-,21-,22-,23+/m0/s1. The Balaban J connectivity index is 1.54. The molecule has 27 heavy (non-hydrogen) atoms. The van der Waals surface area contributed by atoms with Crippen molar-refractivity contribution in [2.75, 3.05) is 6.26 Å². The number of rotatable bonds is 1. The summed E-state index contributed by atoms with van der Waals surface area (Å²) in [6.45, 7) is 4.89. The second kappa shape index (κ2) is 5.87. The summed E-state index contributed by atoms with van der Waals surface area (Å²) in [6, 6.07) is 0. The Labute approximate surface area is 167 Å². The van der Waals surface area contributed by atoms with Gasteiger partial charge in [-0.2, -0.15) is 11.8 Å². The highest BCUT2D eigenvalue weighted by molar-refractivity contribution is 7.99. The van der Waals surface area contributed by atoms with E-state index in [2.05, 4.69) is 20.1 Å². The van der Waals surface area contributed by atoms with Crippen LogP contribution < -0.4 is 0 Å². The minimum atomic E-state index is -0.192. The van der Waals surface area contributed by atoms with Gasteiger partial charge in [-0.15, -0.1) is 0 Å². The number of esters is 1. The van der Waals surface area contributed by atoms with Gasteiger partial charge in [0.1, 0.15) is 5.60 Å². The van der Waals surface area contributed by atoms with Gasteiger partial charge in [0, 0.05) is 23.5 Å². The maximum atomic E-state index is 12.1. The molecule has 7 atom stereocenters. The molecule has 148 valence electrons. The molecule has 4 fully saturated rings. The Bertz CT molecular complexity index is 729. The molecule has 4 heteroatoms. The van der Waals surface area contributed by atoms with Crippen LogP contribution in [0.1, 0.15) is 71.6 Å². The summed E-state index contributed by atoms with van der Waals surface area (Å²) in [4.78, 5) is 24.1. The van der Waals surface area contributed by atoms with Crippen LogP contribution in [0.3, 0.4) is 0 Å². The Morgan fingerprint density at radius 1 is 1.04 bits per heavy atom. The van der Waals surface area contributed by atoms with Crippen molar-refractivity contribution >= 4 is 23.5 Å². The van der Waals surface area contributed by atoms with E-state index in [9.17, 15) is 9.59 Å². The van der Waals surface area contributed by atoms with Gasteiger partial charge in [-0.1, -0.05) is 19.4 Å². The Morgan fingerprint density at radius 3 is 2.52 bits per heavy atom. The molecule has 1 spiro atoms. The molecule has 3 unspecified atom stereocenters. The van der Waals surface area contributed by atoms with Crippen LogP contribution in [0.25, 0.3) is 0 Å². The van der Waals surface area contributed by atoms with Crippen LogP contribution in [0.4, 0.5) is 0 Å². The van der Waals surface area contributed by atoms with E-state index >= 15 is 0 Å². The van der Waals surface area contributed by atoms with Gasteiger partial charge in [0.15, 0.2) is 5.78 Å². The predicted molar refractivity (Wildman–Crippen MR) is 107 cm³/mol. The molecule has 1 heterocycles. The van der Waals surface area contributed by atoms with Gasteiger partial charge in [-0.3, -0.25) is 9.59 Å². The lowest BCUT2D eigenvalue weighted by Crippen LogP contribution is -2.57. The summed E-state index contributed by atoms with van der Waals surface area (Å²) in [5, 5.41) is 0.595. The number of hydrogen-bond acceptors (Lipinski definition) is 4. The largest absolute Gasteiger partial charge is 0.458 e. The summed E-state index contributed by atoms with van der Waals surface area (Å²) < 4.78 is 6.07. The smallest absolute Gasteiger partial charge is 0.306 e. The summed E-state index contributed by atoms with van der Waals surface area (Å²) in [5.74, 6) is 2.36. The first-order valence-electron chi connectivity index (χ1n) is 10.8. The van der Waals surface area contributed by atoms with Crippen molar-refractivity contribution in [2.45, 2.75) is 82.5 Å².